The van der Waals surface area contributed by atoms with Crippen molar-refractivity contribution in [1.82, 2.24) is 14.9 Å². The average molecular weight is 484 g/mol. The highest BCUT2D eigenvalue weighted by atomic mass is 19.1. The number of carbonyl (C=O) groups excluding carboxylic acids is 1. The minimum atomic E-state index is -0.352. The lowest BCUT2D eigenvalue weighted by Gasteiger charge is -2.29. The Bertz CT molecular complexity index is 1100. The third-order valence-electron chi connectivity index (χ3n) is 6.80. The third kappa shape index (κ3) is 5.87. The van der Waals surface area contributed by atoms with E-state index in [1.54, 1.807) is 6.07 Å². The minimum absolute atomic E-state index is 0.0238. The summed E-state index contributed by atoms with van der Waals surface area (Å²) in [5, 5.41) is 6.53. The van der Waals surface area contributed by atoms with Crippen LogP contribution in [0.5, 0.6) is 0 Å². The number of primary amides is 1. The first-order chi connectivity index (χ1) is 16.9. The minimum Gasteiger partial charge on any atom is -0.381 e. The maximum atomic E-state index is 14.7. The van der Waals surface area contributed by atoms with Gasteiger partial charge in [0.2, 0.25) is 17.8 Å². The number of benzene rings is 1. The number of hydrogen-bond donors (Lipinski definition) is 3. The molecule has 188 valence electrons. The van der Waals surface area contributed by atoms with Crippen molar-refractivity contribution in [2.45, 2.75) is 64.5 Å². The summed E-state index contributed by atoms with van der Waals surface area (Å²) >= 11 is 0. The Balaban J connectivity index is 1.69. The molecule has 0 unspecified atom stereocenters. The van der Waals surface area contributed by atoms with Crippen molar-refractivity contribution in [3.8, 4) is 0 Å². The summed E-state index contributed by atoms with van der Waals surface area (Å²) in [7, 11) is 0. The number of guanidine groups is 1. The molecule has 0 radical (unpaired) electrons. The second kappa shape index (κ2) is 11.0. The Labute approximate surface area is 205 Å². The molecule has 10 heteroatoms. The Hall–Kier alpha value is -3.27. The van der Waals surface area contributed by atoms with Crippen LogP contribution in [0.4, 0.5) is 21.8 Å². The molecule has 1 saturated heterocycles. The fraction of sp³-hybridized carbons (Fsp3) is 0.520. The van der Waals surface area contributed by atoms with E-state index in [0.29, 0.717) is 55.2 Å². The predicted molar refractivity (Wildman–Crippen MR) is 135 cm³/mol. The van der Waals surface area contributed by atoms with Crippen molar-refractivity contribution >= 4 is 36.0 Å². The van der Waals surface area contributed by atoms with Gasteiger partial charge in [-0.25, -0.2) is 14.4 Å². The number of ether oxygens (including phenoxy) is 1. The lowest BCUT2D eigenvalue weighted by Crippen LogP contribution is -2.38. The molecule has 4 N–H and O–H groups in total. The van der Waals surface area contributed by atoms with Gasteiger partial charge in [-0.1, -0.05) is 6.07 Å². The van der Waals surface area contributed by atoms with Crippen LogP contribution in [-0.4, -0.2) is 47.4 Å². The van der Waals surface area contributed by atoms with Crippen LogP contribution in [0.15, 0.2) is 28.2 Å². The predicted octanol–water partition coefficient (Wildman–Crippen LogP) is 4.06. The van der Waals surface area contributed by atoms with E-state index in [1.165, 1.54) is 6.07 Å². The van der Waals surface area contributed by atoms with E-state index < -0.39 is 0 Å². The fourth-order valence-electron chi connectivity index (χ4n) is 4.80. The smallest absolute Gasteiger partial charge is 0.224 e. The summed E-state index contributed by atoms with van der Waals surface area (Å²) in [5.41, 5.74) is 7.41. The lowest BCUT2D eigenvalue weighted by molar-refractivity contribution is -0.122. The zero-order valence-corrected chi connectivity index (χ0v) is 20.4. The number of aliphatic imine (C=N–C) groups is 2. The highest BCUT2D eigenvalue weighted by Gasteiger charge is 2.30. The van der Waals surface area contributed by atoms with E-state index >= 15 is 0 Å². The molecule has 2 fully saturated rings. The van der Waals surface area contributed by atoms with Crippen molar-refractivity contribution < 1.29 is 13.9 Å². The maximum Gasteiger partial charge on any atom is 0.224 e. The van der Waals surface area contributed by atoms with Crippen molar-refractivity contribution in [1.29, 1.82) is 0 Å². The van der Waals surface area contributed by atoms with Gasteiger partial charge in [0.1, 0.15) is 5.82 Å². The Morgan fingerprint density at radius 2 is 1.91 bits per heavy atom. The van der Waals surface area contributed by atoms with Crippen LogP contribution in [-0.2, 0) is 9.53 Å². The summed E-state index contributed by atoms with van der Waals surface area (Å²) in [4.78, 5) is 25.3. The van der Waals surface area contributed by atoms with Crippen LogP contribution in [0.2, 0.25) is 0 Å². The van der Waals surface area contributed by atoms with Gasteiger partial charge in [0, 0.05) is 31.2 Å². The Kier molecular flexibility index (Phi) is 7.80. The van der Waals surface area contributed by atoms with Gasteiger partial charge in [-0.05, 0) is 76.8 Å². The number of anilines is 2. The molecule has 1 aromatic heterocycles. The molecule has 0 bridgehead atoms. The van der Waals surface area contributed by atoms with E-state index in [0.717, 1.165) is 31.2 Å². The number of carbonyl (C=O) groups is 1. The number of aromatic nitrogens is 2. The molecule has 1 aliphatic heterocycles. The second-order valence-electron chi connectivity index (χ2n) is 9.36. The molecule has 0 spiro atoms. The first kappa shape index (κ1) is 24.8. The van der Waals surface area contributed by atoms with E-state index in [4.69, 9.17) is 20.4 Å². The van der Waals surface area contributed by atoms with Gasteiger partial charge in [0.05, 0.1) is 11.4 Å². The topological polar surface area (TPSA) is 119 Å². The molecule has 1 amide bonds. The zero-order valence-electron chi connectivity index (χ0n) is 20.4. The van der Waals surface area contributed by atoms with E-state index in [1.807, 2.05) is 24.5 Å². The molecule has 35 heavy (non-hydrogen) atoms. The van der Waals surface area contributed by atoms with Crippen LogP contribution in [0.25, 0.3) is 0 Å². The number of nitrogens with zero attached hydrogens (tertiary/aromatic N) is 4. The molecular formula is C25H34FN7O2. The van der Waals surface area contributed by atoms with Crippen molar-refractivity contribution in [2.75, 3.05) is 18.5 Å². The molecule has 1 saturated carbocycles. The summed E-state index contributed by atoms with van der Waals surface area (Å²) in [5.74, 6) is 0.802. The SMILES string of the molecule is C=N/C(=N\c1c(C)nc(Nc2ccc(C)cc2F)n1[C@H]1CC[C@@H](C(N)=O)CC1)NC1CCOCC1. The van der Waals surface area contributed by atoms with E-state index in [-0.39, 0.29) is 29.7 Å². The number of imidazole rings is 1. The van der Waals surface area contributed by atoms with Gasteiger partial charge in [-0.15, -0.1) is 0 Å². The average Bonchev–Trinajstić information content (AvgIpc) is 3.15. The number of nitrogens with two attached hydrogens (primary N) is 1. The second-order valence-corrected chi connectivity index (χ2v) is 9.36. The molecule has 4 rings (SSSR count). The van der Waals surface area contributed by atoms with Crippen molar-refractivity contribution in [2.24, 2.45) is 21.6 Å². The van der Waals surface area contributed by atoms with Crippen molar-refractivity contribution in [3.63, 3.8) is 0 Å². The number of amides is 1. The standard InChI is InChI=1S/C25H34FN7O2/c1-15-4-9-21(20(26)14-15)31-25-29-16(2)23(32-24(28-3)30-18-10-12-35-13-11-18)33(25)19-7-5-17(6-8-19)22(27)34/h4,9,14,17-19H,3,5-8,10-13H2,1-2H3,(H2,27,34)(H,29,31)(H,30,32)/t17-,19+. The van der Waals surface area contributed by atoms with Gasteiger partial charge >= 0.3 is 0 Å². The van der Waals surface area contributed by atoms with Crippen LogP contribution < -0.4 is 16.4 Å². The summed E-state index contributed by atoms with van der Waals surface area (Å²) in [6.45, 7) is 8.80. The zero-order chi connectivity index (χ0) is 24.9. The molecule has 2 heterocycles. The normalized spacial score (nSPS) is 21.5. The van der Waals surface area contributed by atoms with Gasteiger partial charge in [-0.3, -0.25) is 9.36 Å². The number of aryl methyl sites for hydroxylation is 2. The third-order valence-corrected chi connectivity index (χ3v) is 6.80. The highest BCUT2D eigenvalue weighted by Crippen LogP contribution is 2.39. The van der Waals surface area contributed by atoms with Crippen LogP contribution in [0.3, 0.4) is 0 Å². The number of nitrogens with one attached hydrogen (secondary N) is 2. The first-order valence-electron chi connectivity index (χ1n) is 12.2. The lowest BCUT2D eigenvalue weighted by atomic mass is 9.85. The number of halogens is 1. The van der Waals surface area contributed by atoms with Gasteiger partial charge in [0.25, 0.3) is 0 Å². The van der Waals surface area contributed by atoms with Crippen LogP contribution >= 0.6 is 0 Å². The molecule has 1 aliphatic carbocycles. The number of rotatable bonds is 6. The summed E-state index contributed by atoms with van der Waals surface area (Å²) in [6.07, 6.45) is 4.58. The van der Waals surface area contributed by atoms with E-state index in [9.17, 15) is 9.18 Å². The first-order valence-corrected chi connectivity index (χ1v) is 12.2. The molecule has 9 nitrogen and oxygen atoms in total. The largest absolute Gasteiger partial charge is 0.381 e. The molecule has 2 aliphatic rings. The monoisotopic (exact) mass is 483 g/mol. The highest BCUT2D eigenvalue weighted by molar-refractivity contribution is 5.86. The van der Waals surface area contributed by atoms with Crippen LogP contribution in [0, 0.1) is 25.6 Å². The Morgan fingerprint density at radius 1 is 1.20 bits per heavy atom. The van der Waals surface area contributed by atoms with Crippen LogP contribution in [0.1, 0.15) is 55.8 Å². The van der Waals surface area contributed by atoms with Gasteiger partial charge < -0.3 is 21.1 Å². The number of hydrogen-bond acceptors (Lipinski definition) is 5. The Morgan fingerprint density at radius 3 is 2.54 bits per heavy atom. The maximum absolute atomic E-state index is 14.7. The fourth-order valence-corrected chi connectivity index (χ4v) is 4.80. The summed E-state index contributed by atoms with van der Waals surface area (Å²) in [6, 6.07) is 5.26. The quantitative estimate of drug-likeness (QED) is 0.423. The summed E-state index contributed by atoms with van der Waals surface area (Å²) < 4.78 is 22.1. The molecule has 0 atom stereocenters. The molecular weight excluding hydrogens is 449 g/mol. The van der Waals surface area contributed by atoms with Gasteiger partial charge in [0.15, 0.2) is 5.82 Å². The van der Waals surface area contributed by atoms with Gasteiger partial charge in [-0.2, -0.15) is 4.99 Å². The molecule has 2 aromatic rings. The van der Waals surface area contributed by atoms with Crippen molar-refractivity contribution in [3.05, 3.63) is 35.3 Å². The molecule has 1 aromatic carbocycles. The van der Waals surface area contributed by atoms with E-state index in [2.05, 4.69) is 22.3 Å².